The number of fused-ring (bicyclic) bond motifs is 1. The minimum atomic E-state index is 0.233. The number of H-pyrrole nitrogens is 1. The fraction of sp³-hybridized carbons (Fsp3) is 0.231. The lowest BCUT2D eigenvalue weighted by atomic mass is 10.3. The Bertz CT molecular complexity index is 707. The highest BCUT2D eigenvalue weighted by atomic mass is 15.2. The van der Waals surface area contributed by atoms with E-state index >= 15 is 0 Å². The zero-order valence-corrected chi connectivity index (χ0v) is 11.1. The van der Waals surface area contributed by atoms with Gasteiger partial charge in [0.2, 0.25) is 5.95 Å². The molecule has 102 valence electrons. The topological polar surface area (TPSA) is 96.6 Å². The summed E-state index contributed by atoms with van der Waals surface area (Å²) in [6.45, 7) is 3.51. The number of hydrogen-bond acceptors (Lipinski definition) is 6. The third kappa shape index (κ3) is 2.25. The van der Waals surface area contributed by atoms with Crippen LogP contribution in [0.2, 0.25) is 0 Å². The molecule has 20 heavy (non-hydrogen) atoms. The van der Waals surface area contributed by atoms with Crippen LogP contribution >= 0.6 is 0 Å². The van der Waals surface area contributed by atoms with Gasteiger partial charge in [-0.2, -0.15) is 15.1 Å². The molecule has 0 aliphatic heterocycles. The van der Waals surface area contributed by atoms with Crippen LogP contribution in [0.3, 0.4) is 0 Å². The minimum Gasteiger partial charge on any atom is -0.368 e. The van der Waals surface area contributed by atoms with Gasteiger partial charge in [0.15, 0.2) is 5.65 Å². The zero-order valence-electron chi connectivity index (χ0n) is 11.1. The number of aromatic amines is 1. The predicted octanol–water partition coefficient (Wildman–Crippen LogP) is 1.36. The van der Waals surface area contributed by atoms with E-state index in [2.05, 4.69) is 37.0 Å². The van der Waals surface area contributed by atoms with Crippen molar-refractivity contribution in [1.29, 1.82) is 0 Å². The molecule has 0 saturated heterocycles. The van der Waals surface area contributed by atoms with E-state index in [9.17, 15) is 0 Å². The summed E-state index contributed by atoms with van der Waals surface area (Å²) in [6.07, 6.45) is 3.50. The molecule has 7 nitrogen and oxygen atoms in total. The average molecular weight is 269 g/mol. The Morgan fingerprint density at radius 2 is 2.20 bits per heavy atom. The number of nitrogens with zero attached hydrogens (tertiary/aromatic N) is 5. The van der Waals surface area contributed by atoms with Gasteiger partial charge in [0.05, 0.1) is 23.8 Å². The number of aromatic nitrogens is 5. The van der Waals surface area contributed by atoms with Crippen LogP contribution < -0.4 is 10.6 Å². The van der Waals surface area contributed by atoms with E-state index < -0.39 is 0 Å². The van der Waals surface area contributed by atoms with E-state index in [1.54, 1.807) is 12.4 Å². The van der Waals surface area contributed by atoms with Crippen LogP contribution in [-0.4, -0.2) is 31.7 Å². The van der Waals surface area contributed by atoms with E-state index in [-0.39, 0.29) is 5.95 Å². The molecule has 0 amide bonds. The lowest BCUT2D eigenvalue weighted by Gasteiger charge is -2.22. The van der Waals surface area contributed by atoms with E-state index in [1.807, 2.05) is 18.2 Å². The van der Waals surface area contributed by atoms with Crippen LogP contribution in [0.5, 0.6) is 0 Å². The van der Waals surface area contributed by atoms with Gasteiger partial charge in [-0.05, 0) is 19.1 Å². The lowest BCUT2D eigenvalue weighted by molar-refractivity contribution is 0.797. The molecule has 0 unspecified atom stereocenters. The minimum absolute atomic E-state index is 0.233. The van der Waals surface area contributed by atoms with Crippen LogP contribution in [0.25, 0.3) is 11.0 Å². The van der Waals surface area contributed by atoms with Gasteiger partial charge in [-0.25, -0.2) is 0 Å². The van der Waals surface area contributed by atoms with Crippen molar-refractivity contribution in [3.8, 4) is 0 Å². The van der Waals surface area contributed by atoms with Gasteiger partial charge in [0, 0.05) is 12.7 Å². The molecule has 0 aliphatic rings. The molecule has 0 aromatic carbocycles. The molecule has 0 aliphatic carbocycles. The molecule has 0 saturated carbocycles. The number of nitrogens with two attached hydrogens (primary N) is 1. The van der Waals surface area contributed by atoms with Gasteiger partial charge in [-0.15, -0.1) is 0 Å². The molecular formula is C13H15N7. The van der Waals surface area contributed by atoms with Crippen molar-refractivity contribution in [2.45, 2.75) is 13.5 Å². The summed E-state index contributed by atoms with van der Waals surface area (Å²) in [7, 11) is 0. The van der Waals surface area contributed by atoms with Crippen molar-refractivity contribution in [3.05, 3.63) is 36.3 Å². The molecular weight excluding hydrogens is 254 g/mol. The summed E-state index contributed by atoms with van der Waals surface area (Å²) < 4.78 is 0. The van der Waals surface area contributed by atoms with E-state index in [0.29, 0.717) is 12.2 Å². The fourth-order valence-electron chi connectivity index (χ4n) is 2.10. The number of nitrogen functional groups attached to an aromatic ring is 1. The second kappa shape index (κ2) is 5.12. The van der Waals surface area contributed by atoms with E-state index in [1.165, 1.54) is 0 Å². The smallest absolute Gasteiger partial charge is 0.224 e. The summed E-state index contributed by atoms with van der Waals surface area (Å²) in [5.74, 6) is 1.01. The Morgan fingerprint density at radius 3 is 2.95 bits per heavy atom. The first-order valence-electron chi connectivity index (χ1n) is 6.39. The van der Waals surface area contributed by atoms with Gasteiger partial charge >= 0.3 is 0 Å². The molecule has 7 heteroatoms. The Labute approximate surface area is 115 Å². The maximum atomic E-state index is 5.76. The van der Waals surface area contributed by atoms with Gasteiger partial charge in [-0.3, -0.25) is 10.1 Å². The molecule has 3 N–H and O–H groups in total. The van der Waals surface area contributed by atoms with Gasteiger partial charge in [-0.1, -0.05) is 6.07 Å². The van der Waals surface area contributed by atoms with Gasteiger partial charge in [0.1, 0.15) is 5.82 Å². The van der Waals surface area contributed by atoms with Crippen LogP contribution in [0.1, 0.15) is 12.6 Å². The lowest BCUT2D eigenvalue weighted by Crippen LogP contribution is -2.24. The number of pyridine rings is 1. The van der Waals surface area contributed by atoms with Crippen molar-refractivity contribution in [1.82, 2.24) is 25.1 Å². The van der Waals surface area contributed by atoms with Crippen molar-refractivity contribution in [2.75, 3.05) is 17.2 Å². The standard InChI is InChI=1S/C13H15N7/c1-2-20(8-9-5-3-4-6-15-9)12-10-7-16-19-11(10)17-13(14)18-12/h3-7H,2,8H2,1H3,(H3,14,16,17,18,19). The van der Waals surface area contributed by atoms with Crippen LogP contribution in [0.15, 0.2) is 30.6 Å². The second-order valence-electron chi connectivity index (χ2n) is 4.37. The highest BCUT2D eigenvalue weighted by Crippen LogP contribution is 2.23. The van der Waals surface area contributed by atoms with E-state index in [0.717, 1.165) is 23.4 Å². The molecule has 3 aromatic heterocycles. The van der Waals surface area contributed by atoms with Crippen LogP contribution in [0, 0.1) is 0 Å². The summed E-state index contributed by atoms with van der Waals surface area (Å²) in [6, 6.07) is 5.86. The first kappa shape index (κ1) is 12.3. The normalized spacial score (nSPS) is 10.8. The molecule has 0 bridgehead atoms. The maximum Gasteiger partial charge on any atom is 0.224 e. The zero-order chi connectivity index (χ0) is 13.9. The maximum absolute atomic E-state index is 5.76. The highest BCUT2D eigenvalue weighted by molar-refractivity contribution is 5.87. The summed E-state index contributed by atoms with van der Waals surface area (Å²) >= 11 is 0. The van der Waals surface area contributed by atoms with Crippen molar-refractivity contribution >= 4 is 22.8 Å². The Kier molecular flexibility index (Phi) is 3.16. The molecule has 3 heterocycles. The number of rotatable bonds is 4. The van der Waals surface area contributed by atoms with Crippen LogP contribution in [-0.2, 0) is 6.54 Å². The quantitative estimate of drug-likeness (QED) is 0.742. The molecule has 0 atom stereocenters. The second-order valence-corrected chi connectivity index (χ2v) is 4.37. The van der Waals surface area contributed by atoms with E-state index in [4.69, 9.17) is 5.73 Å². The highest BCUT2D eigenvalue weighted by Gasteiger charge is 2.14. The Hall–Kier alpha value is -2.70. The monoisotopic (exact) mass is 269 g/mol. The molecule has 3 aromatic rings. The largest absolute Gasteiger partial charge is 0.368 e. The Morgan fingerprint density at radius 1 is 1.30 bits per heavy atom. The third-order valence-corrected chi connectivity index (χ3v) is 3.07. The number of anilines is 2. The average Bonchev–Trinajstić information content (AvgIpc) is 2.93. The third-order valence-electron chi connectivity index (χ3n) is 3.07. The van der Waals surface area contributed by atoms with Crippen LogP contribution in [0.4, 0.5) is 11.8 Å². The van der Waals surface area contributed by atoms with Gasteiger partial charge in [0.25, 0.3) is 0 Å². The SMILES string of the molecule is CCN(Cc1ccccn1)c1nc(N)nc2[nH]ncc12. The molecule has 0 fully saturated rings. The number of hydrogen-bond donors (Lipinski definition) is 2. The van der Waals surface area contributed by atoms with Crippen molar-refractivity contribution in [2.24, 2.45) is 0 Å². The summed E-state index contributed by atoms with van der Waals surface area (Å²) in [5, 5.41) is 7.68. The fourth-order valence-corrected chi connectivity index (χ4v) is 2.10. The molecule has 0 spiro atoms. The Balaban J connectivity index is 2.01. The predicted molar refractivity (Wildman–Crippen MR) is 77.1 cm³/mol. The molecule has 0 radical (unpaired) electrons. The summed E-state index contributed by atoms with van der Waals surface area (Å²) in [4.78, 5) is 14.9. The first-order chi connectivity index (χ1) is 9.78. The number of nitrogens with one attached hydrogen (secondary N) is 1. The first-order valence-corrected chi connectivity index (χ1v) is 6.39. The van der Waals surface area contributed by atoms with Crippen molar-refractivity contribution in [3.63, 3.8) is 0 Å². The van der Waals surface area contributed by atoms with Crippen molar-refractivity contribution < 1.29 is 0 Å². The van der Waals surface area contributed by atoms with Gasteiger partial charge < -0.3 is 10.6 Å². The molecule has 3 rings (SSSR count). The summed E-state index contributed by atoms with van der Waals surface area (Å²) in [5.41, 5.74) is 7.38.